The van der Waals surface area contributed by atoms with Crippen LogP contribution in [0.5, 0.6) is 11.5 Å². The second kappa shape index (κ2) is 9.50. The summed E-state index contributed by atoms with van der Waals surface area (Å²) in [6, 6.07) is 17.2. The largest absolute Gasteiger partial charge is 0.486 e. The molecule has 8 heteroatoms. The van der Waals surface area contributed by atoms with Crippen LogP contribution < -0.4 is 19.7 Å². The molecule has 1 fully saturated rings. The fourth-order valence-corrected chi connectivity index (χ4v) is 4.53. The first kappa shape index (κ1) is 20.7. The SMILES string of the molecule is O=C(Nc1ccc(N2CCOCC2)cc1)c1cccnc1Sc1ccc2c(c1)OCCO2. The molecule has 2 aliphatic heterocycles. The first-order chi connectivity index (χ1) is 15.8. The lowest BCUT2D eigenvalue weighted by Gasteiger charge is -2.28. The summed E-state index contributed by atoms with van der Waals surface area (Å²) in [5, 5.41) is 3.62. The van der Waals surface area contributed by atoms with E-state index in [1.54, 1.807) is 18.3 Å². The van der Waals surface area contributed by atoms with Gasteiger partial charge < -0.3 is 24.4 Å². The van der Waals surface area contributed by atoms with Crippen LogP contribution in [-0.4, -0.2) is 50.4 Å². The van der Waals surface area contributed by atoms with Crippen LogP contribution in [0.1, 0.15) is 10.4 Å². The van der Waals surface area contributed by atoms with Gasteiger partial charge in [0.15, 0.2) is 11.5 Å². The van der Waals surface area contributed by atoms with Crippen molar-refractivity contribution in [2.45, 2.75) is 9.92 Å². The maximum atomic E-state index is 13.0. The number of hydrogen-bond donors (Lipinski definition) is 1. The van der Waals surface area contributed by atoms with Crippen molar-refractivity contribution in [3.8, 4) is 11.5 Å². The average molecular weight is 450 g/mol. The summed E-state index contributed by atoms with van der Waals surface area (Å²) in [6.07, 6.45) is 1.69. The summed E-state index contributed by atoms with van der Waals surface area (Å²) in [5.41, 5.74) is 2.39. The molecule has 1 aromatic heterocycles. The van der Waals surface area contributed by atoms with Crippen molar-refractivity contribution in [2.75, 3.05) is 49.7 Å². The second-order valence-electron chi connectivity index (χ2n) is 7.36. The number of carbonyl (C=O) groups is 1. The molecule has 164 valence electrons. The molecule has 5 rings (SSSR count). The van der Waals surface area contributed by atoms with Crippen molar-refractivity contribution in [1.29, 1.82) is 0 Å². The molecule has 1 saturated heterocycles. The van der Waals surface area contributed by atoms with E-state index in [9.17, 15) is 4.79 Å². The molecular formula is C24H23N3O4S. The fourth-order valence-electron chi connectivity index (χ4n) is 3.62. The predicted molar refractivity (Wildman–Crippen MR) is 123 cm³/mol. The molecular weight excluding hydrogens is 426 g/mol. The number of pyridine rings is 1. The number of hydrogen-bond acceptors (Lipinski definition) is 7. The van der Waals surface area contributed by atoms with Gasteiger partial charge in [-0.15, -0.1) is 0 Å². The van der Waals surface area contributed by atoms with E-state index < -0.39 is 0 Å². The molecule has 1 N–H and O–H groups in total. The number of rotatable bonds is 5. The molecule has 0 radical (unpaired) electrons. The third-order valence-electron chi connectivity index (χ3n) is 5.25. The van der Waals surface area contributed by atoms with Crippen LogP contribution >= 0.6 is 11.8 Å². The third-order valence-corrected chi connectivity index (χ3v) is 6.25. The van der Waals surface area contributed by atoms with E-state index in [0.717, 1.165) is 48.3 Å². The Bertz CT molecular complexity index is 1100. The topological polar surface area (TPSA) is 72.9 Å². The number of morpholine rings is 1. The number of benzene rings is 2. The summed E-state index contributed by atoms with van der Waals surface area (Å²) >= 11 is 1.42. The van der Waals surface area contributed by atoms with Gasteiger partial charge >= 0.3 is 0 Å². The Kier molecular flexibility index (Phi) is 6.13. The standard InChI is InChI=1S/C24H23N3O4S/c28-23(26-17-3-5-18(6-4-17)27-10-12-29-13-11-27)20-2-1-9-25-24(20)32-19-7-8-21-22(16-19)31-15-14-30-21/h1-9,16H,10-15H2,(H,26,28). The molecule has 7 nitrogen and oxygen atoms in total. The molecule has 2 aromatic carbocycles. The van der Waals surface area contributed by atoms with Crippen molar-refractivity contribution < 1.29 is 19.0 Å². The summed E-state index contributed by atoms with van der Waals surface area (Å²) in [5.74, 6) is 1.25. The van der Waals surface area contributed by atoms with Gasteiger partial charge in [0.1, 0.15) is 18.2 Å². The molecule has 0 unspecified atom stereocenters. The summed E-state index contributed by atoms with van der Waals surface area (Å²) in [7, 11) is 0. The number of fused-ring (bicyclic) bond motifs is 1. The number of anilines is 2. The number of carbonyl (C=O) groups excluding carboxylic acids is 1. The van der Waals surface area contributed by atoms with Crippen molar-refractivity contribution in [2.24, 2.45) is 0 Å². The van der Waals surface area contributed by atoms with Crippen LogP contribution in [0.15, 0.2) is 70.7 Å². The lowest BCUT2D eigenvalue weighted by Crippen LogP contribution is -2.36. The van der Waals surface area contributed by atoms with Crippen LogP contribution in [0, 0.1) is 0 Å². The highest BCUT2D eigenvalue weighted by Gasteiger charge is 2.17. The van der Waals surface area contributed by atoms with Gasteiger partial charge in [-0.3, -0.25) is 4.79 Å². The van der Waals surface area contributed by atoms with E-state index in [1.807, 2.05) is 42.5 Å². The van der Waals surface area contributed by atoms with E-state index in [0.29, 0.717) is 29.6 Å². The minimum Gasteiger partial charge on any atom is -0.486 e. The molecule has 0 saturated carbocycles. The van der Waals surface area contributed by atoms with E-state index in [-0.39, 0.29) is 5.91 Å². The first-order valence-electron chi connectivity index (χ1n) is 10.5. The van der Waals surface area contributed by atoms with Crippen molar-refractivity contribution in [3.05, 3.63) is 66.4 Å². The molecule has 3 aromatic rings. The Morgan fingerprint density at radius 1 is 0.938 bits per heavy atom. The van der Waals surface area contributed by atoms with E-state index in [1.165, 1.54) is 11.8 Å². The Hall–Kier alpha value is -3.23. The number of nitrogens with one attached hydrogen (secondary N) is 1. The quantitative estimate of drug-likeness (QED) is 0.629. The van der Waals surface area contributed by atoms with Crippen LogP contribution in [0.3, 0.4) is 0 Å². The molecule has 0 atom stereocenters. The van der Waals surface area contributed by atoms with Crippen molar-refractivity contribution in [1.82, 2.24) is 4.98 Å². The molecule has 0 aliphatic carbocycles. The lowest BCUT2D eigenvalue weighted by atomic mass is 10.2. The third kappa shape index (κ3) is 4.66. The molecule has 0 spiro atoms. The van der Waals surface area contributed by atoms with E-state index >= 15 is 0 Å². The van der Waals surface area contributed by atoms with Crippen LogP contribution in [0.4, 0.5) is 11.4 Å². The predicted octanol–water partition coefficient (Wildman–Crippen LogP) is 4.09. The molecule has 32 heavy (non-hydrogen) atoms. The van der Waals surface area contributed by atoms with Crippen molar-refractivity contribution in [3.63, 3.8) is 0 Å². The first-order valence-corrected chi connectivity index (χ1v) is 11.3. The minimum atomic E-state index is -0.197. The maximum Gasteiger partial charge on any atom is 0.258 e. The van der Waals surface area contributed by atoms with E-state index in [2.05, 4.69) is 15.2 Å². The smallest absolute Gasteiger partial charge is 0.258 e. The van der Waals surface area contributed by atoms with Crippen LogP contribution in [0.25, 0.3) is 0 Å². The van der Waals surface area contributed by atoms with Crippen LogP contribution in [0.2, 0.25) is 0 Å². The summed E-state index contributed by atoms with van der Waals surface area (Å²) in [6.45, 7) is 4.32. The van der Waals surface area contributed by atoms with Gasteiger partial charge in [-0.05, 0) is 54.6 Å². The van der Waals surface area contributed by atoms with Gasteiger partial charge in [0.05, 0.1) is 18.8 Å². The van der Waals surface area contributed by atoms with Gasteiger partial charge in [0, 0.05) is 35.6 Å². The van der Waals surface area contributed by atoms with Gasteiger partial charge in [0.2, 0.25) is 0 Å². The summed E-state index contributed by atoms with van der Waals surface area (Å²) < 4.78 is 16.7. The second-order valence-corrected chi connectivity index (χ2v) is 8.43. The normalized spacial score (nSPS) is 15.3. The van der Waals surface area contributed by atoms with E-state index in [4.69, 9.17) is 14.2 Å². The van der Waals surface area contributed by atoms with Gasteiger partial charge in [-0.25, -0.2) is 4.98 Å². The zero-order valence-corrected chi connectivity index (χ0v) is 18.3. The Morgan fingerprint density at radius 3 is 2.53 bits per heavy atom. The monoisotopic (exact) mass is 449 g/mol. The zero-order valence-electron chi connectivity index (χ0n) is 17.5. The Labute approximate surface area is 190 Å². The highest BCUT2D eigenvalue weighted by molar-refractivity contribution is 7.99. The maximum absolute atomic E-state index is 13.0. The van der Waals surface area contributed by atoms with Crippen molar-refractivity contribution >= 4 is 29.0 Å². The number of aromatic nitrogens is 1. The molecule has 3 heterocycles. The molecule has 2 aliphatic rings. The Balaban J connectivity index is 1.29. The average Bonchev–Trinajstić information content (AvgIpc) is 2.85. The highest BCUT2D eigenvalue weighted by Crippen LogP contribution is 2.37. The zero-order chi connectivity index (χ0) is 21.8. The van der Waals surface area contributed by atoms with Gasteiger partial charge in [0.25, 0.3) is 5.91 Å². The minimum absolute atomic E-state index is 0.197. The van der Waals surface area contributed by atoms with Gasteiger partial charge in [-0.1, -0.05) is 11.8 Å². The number of amides is 1. The summed E-state index contributed by atoms with van der Waals surface area (Å²) in [4.78, 5) is 20.6. The number of nitrogens with zero attached hydrogens (tertiary/aromatic N) is 2. The number of ether oxygens (including phenoxy) is 3. The van der Waals surface area contributed by atoms with Crippen LogP contribution in [-0.2, 0) is 4.74 Å². The molecule has 0 bridgehead atoms. The Morgan fingerprint density at radius 2 is 1.72 bits per heavy atom. The highest BCUT2D eigenvalue weighted by atomic mass is 32.2. The molecule has 1 amide bonds. The lowest BCUT2D eigenvalue weighted by molar-refractivity contribution is 0.102. The fraction of sp³-hybridized carbons (Fsp3) is 0.250. The van der Waals surface area contributed by atoms with Gasteiger partial charge in [-0.2, -0.15) is 0 Å².